The van der Waals surface area contributed by atoms with Gasteiger partial charge in [0, 0.05) is 5.57 Å². The Kier molecular flexibility index (Phi) is 5.88. The van der Waals surface area contributed by atoms with Gasteiger partial charge in [-0.1, -0.05) is 24.3 Å². The summed E-state index contributed by atoms with van der Waals surface area (Å²) < 4.78 is 32.1. The van der Waals surface area contributed by atoms with Crippen LogP contribution >= 0.6 is 0 Å². The summed E-state index contributed by atoms with van der Waals surface area (Å²) >= 11 is 0. The Morgan fingerprint density at radius 1 is 0.964 bits per heavy atom. The number of carbonyl (C=O) groups excluding carboxylic acids is 1. The molecule has 0 atom stereocenters. The number of carbonyl (C=O) groups is 1. The first-order valence-electron chi connectivity index (χ1n) is 8.75. The van der Waals surface area contributed by atoms with Crippen LogP contribution in [0.1, 0.15) is 30.8 Å². The van der Waals surface area contributed by atoms with E-state index in [2.05, 4.69) is 15.4 Å². The van der Waals surface area contributed by atoms with Crippen molar-refractivity contribution in [1.29, 1.82) is 0 Å². The summed E-state index contributed by atoms with van der Waals surface area (Å²) in [6.07, 6.45) is 0. The number of hydrogen-bond acceptors (Lipinski definition) is 5. The third-order valence-corrected chi connectivity index (χ3v) is 3.95. The zero-order chi connectivity index (χ0) is 20.1. The maximum absolute atomic E-state index is 13.5. The molecular formula is C20H18F2N4O2. The summed E-state index contributed by atoms with van der Waals surface area (Å²) in [6.45, 7) is 4.12. The van der Waals surface area contributed by atoms with E-state index in [-0.39, 0.29) is 18.0 Å². The van der Waals surface area contributed by atoms with Crippen molar-refractivity contribution < 1.29 is 18.3 Å². The molecule has 8 heteroatoms. The Bertz CT molecular complexity index is 948. The molecule has 1 heterocycles. The van der Waals surface area contributed by atoms with Gasteiger partial charge in [0.1, 0.15) is 17.2 Å². The Balaban J connectivity index is 2.31. The molecular weight excluding hydrogens is 366 g/mol. The first-order chi connectivity index (χ1) is 13.5. The number of ether oxygens (including phenoxy) is 1. The van der Waals surface area contributed by atoms with Gasteiger partial charge >= 0.3 is 5.97 Å². The zero-order valence-corrected chi connectivity index (χ0v) is 15.4. The van der Waals surface area contributed by atoms with Gasteiger partial charge in [-0.25, -0.2) is 13.6 Å². The van der Waals surface area contributed by atoms with Gasteiger partial charge in [-0.3, -0.25) is 0 Å². The number of tetrazole rings is 1. The number of benzene rings is 2. The van der Waals surface area contributed by atoms with Crippen molar-refractivity contribution in [1.82, 2.24) is 20.2 Å². The Morgan fingerprint density at radius 2 is 1.50 bits per heavy atom. The van der Waals surface area contributed by atoms with Gasteiger partial charge in [-0.05, 0) is 54.5 Å². The predicted octanol–water partition coefficient (Wildman–Crippen LogP) is 3.49. The number of aryl methyl sites for hydroxylation is 1. The van der Waals surface area contributed by atoms with Crippen molar-refractivity contribution in [2.45, 2.75) is 20.4 Å². The lowest BCUT2D eigenvalue weighted by Crippen LogP contribution is -2.12. The highest BCUT2D eigenvalue weighted by Crippen LogP contribution is 2.32. The molecule has 28 heavy (non-hydrogen) atoms. The minimum atomic E-state index is -0.651. The fraction of sp³-hybridized carbons (Fsp3) is 0.200. The maximum Gasteiger partial charge on any atom is 0.342 e. The van der Waals surface area contributed by atoms with E-state index in [0.29, 0.717) is 23.2 Å². The van der Waals surface area contributed by atoms with Crippen LogP contribution in [-0.4, -0.2) is 32.8 Å². The zero-order valence-electron chi connectivity index (χ0n) is 15.4. The third kappa shape index (κ3) is 4.11. The van der Waals surface area contributed by atoms with E-state index < -0.39 is 17.6 Å². The standard InChI is InChI=1S/C20H18F2N4O2/c1-3-26-24-19(23-25-26)18(20(27)28-4-2)17(13-5-9-15(21)10-6-13)14-7-11-16(22)12-8-14/h5-12H,3-4H2,1-2H3. The van der Waals surface area contributed by atoms with Crippen molar-refractivity contribution in [3.8, 4) is 0 Å². The number of nitrogens with zero attached hydrogens (tertiary/aromatic N) is 4. The van der Waals surface area contributed by atoms with Crippen LogP contribution in [0, 0.1) is 11.6 Å². The minimum Gasteiger partial charge on any atom is -0.462 e. The molecule has 0 spiro atoms. The second kappa shape index (κ2) is 8.51. The lowest BCUT2D eigenvalue weighted by atomic mass is 9.92. The molecule has 0 unspecified atom stereocenters. The van der Waals surface area contributed by atoms with Crippen LogP contribution in [0.2, 0.25) is 0 Å². The SMILES string of the molecule is CCOC(=O)C(=C(c1ccc(F)cc1)c1ccc(F)cc1)c1nnn(CC)n1. The van der Waals surface area contributed by atoms with E-state index in [1.807, 2.05) is 6.92 Å². The summed E-state index contributed by atoms with van der Waals surface area (Å²) in [5.74, 6) is -1.42. The van der Waals surface area contributed by atoms with Crippen molar-refractivity contribution in [3.05, 3.63) is 77.1 Å². The van der Waals surface area contributed by atoms with E-state index >= 15 is 0 Å². The molecule has 0 saturated heterocycles. The summed E-state index contributed by atoms with van der Waals surface area (Å²) in [4.78, 5) is 14.2. The van der Waals surface area contributed by atoms with Gasteiger partial charge in [0.2, 0.25) is 5.82 Å². The Labute approximate surface area is 160 Å². The molecule has 1 aromatic heterocycles. The molecule has 144 valence electrons. The van der Waals surface area contributed by atoms with Gasteiger partial charge in [0.15, 0.2) is 0 Å². The molecule has 2 aromatic carbocycles. The average Bonchev–Trinajstić information content (AvgIpc) is 3.16. The molecule has 0 saturated carbocycles. The van der Waals surface area contributed by atoms with Crippen LogP contribution in [0.3, 0.4) is 0 Å². The minimum absolute atomic E-state index is 0.0692. The fourth-order valence-corrected chi connectivity index (χ4v) is 2.67. The molecule has 0 N–H and O–H groups in total. The van der Waals surface area contributed by atoms with Gasteiger partial charge in [-0.15, -0.1) is 10.2 Å². The smallest absolute Gasteiger partial charge is 0.342 e. The van der Waals surface area contributed by atoms with Crippen molar-refractivity contribution in [3.63, 3.8) is 0 Å². The van der Waals surface area contributed by atoms with E-state index in [1.165, 1.54) is 53.3 Å². The highest BCUT2D eigenvalue weighted by atomic mass is 19.1. The molecule has 3 aromatic rings. The van der Waals surface area contributed by atoms with Crippen LogP contribution in [0.5, 0.6) is 0 Å². The van der Waals surface area contributed by atoms with E-state index in [9.17, 15) is 13.6 Å². The van der Waals surface area contributed by atoms with Crippen molar-refractivity contribution >= 4 is 17.1 Å². The molecule has 0 aliphatic heterocycles. The number of rotatable bonds is 6. The normalized spacial score (nSPS) is 10.6. The molecule has 0 aliphatic rings. The summed E-state index contributed by atoms with van der Waals surface area (Å²) in [7, 11) is 0. The fourth-order valence-electron chi connectivity index (χ4n) is 2.67. The quantitative estimate of drug-likeness (QED) is 0.481. The van der Waals surface area contributed by atoms with E-state index in [1.54, 1.807) is 6.92 Å². The van der Waals surface area contributed by atoms with Crippen LogP contribution < -0.4 is 0 Å². The second-order valence-electron chi connectivity index (χ2n) is 5.79. The molecule has 0 amide bonds. The van der Waals surface area contributed by atoms with Crippen LogP contribution in [0.15, 0.2) is 48.5 Å². The van der Waals surface area contributed by atoms with Gasteiger partial charge in [0.25, 0.3) is 0 Å². The monoisotopic (exact) mass is 384 g/mol. The topological polar surface area (TPSA) is 69.9 Å². The summed E-state index contributed by atoms with van der Waals surface area (Å²) in [5, 5.41) is 12.1. The molecule has 0 aliphatic carbocycles. The molecule has 3 rings (SSSR count). The Morgan fingerprint density at radius 3 is 1.93 bits per heavy atom. The van der Waals surface area contributed by atoms with E-state index in [4.69, 9.17) is 4.74 Å². The average molecular weight is 384 g/mol. The second-order valence-corrected chi connectivity index (χ2v) is 5.79. The lowest BCUT2D eigenvalue weighted by molar-refractivity contribution is -0.136. The van der Waals surface area contributed by atoms with E-state index in [0.717, 1.165) is 0 Å². The summed E-state index contributed by atoms with van der Waals surface area (Å²) in [5.41, 5.74) is 1.53. The molecule has 0 fully saturated rings. The molecule has 0 radical (unpaired) electrons. The Hall–Kier alpha value is -3.42. The number of hydrogen-bond donors (Lipinski definition) is 0. The van der Waals surface area contributed by atoms with Crippen LogP contribution in [0.4, 0.5) is 8.78 Å². The highest BCUT2D eigenvalue weighted by Gasteiger charge is 2.25. The van der Waals surface area contributed by atoms with Crippen LogP contribution in [-0.2, 0) is 16.1 Å². The van der Waals surface area contributed by atoms with Crippen molar-refractivity contribution in [2.24, 2.45) is 0 Å². The highest BCUT2D eigenvalue weighted by molar-refractivity contribution is 6.25. The van der Waals surface area contributed by atoms with Gasteiger partial charge in [-0.2, -0.15) is 4.80 Å². The first-order valence-corrected chi connectivity index (χ1v) is 8.75. The first kappa shape index (κ1) is 19.3. The summed E-state index contributed by atoms with van der Waals surface area (Å²) in [6, 6.07) is 11.2. The van der Waals surface area contributed by atoms with Crippen LogP contribution in [0.25, 0.3) is 11.1 Å². The third-order valence-electron chi connectivity index (χ3n) is 3.95. The van der Waals surface area contributed by atoms with Gasteiger partial charge < -0.3 is 4.74 Å². The number of aromatic nitrogens is 4. The molecule has 6 nitrogen and oxygen atoms in total. The predicted molar refractivity (Wildman–Crippen MR) is 98.8 cm³/mol. The molecule has 0 bridgehead atoms. The number of esters is 1. The number of halogens is 2. The van der Waals surface area contributed by atoms with Crippen molar-refractivity contribution in [2.75, 3.05) is 6.61 Å². The maximum atomic E-state index is 13.5. The lowest BCUT2D eigenvalue weighted by Gasteiger charge is -2.14. The van der Waals surface area contributed by atoms with Gasteiger partial charge in [0.05, 0.1) is 13.2 Å². The largest absolute Gasteiger partial charge is 0.462 e.